The lowest BCUT2D eigenvalue weighted by atomic mass is 10.2. The molecule has 8 nitrogen and oxygen atoms in total. The number of aliphatic imine (C=N–C) groups is 1. The summed E-state index contributed by atoms with van der Waals surface area (Å²) < 4.78 is 5.21. The number of alkyl carbamates (subject to hydrolysis) is 1. The second-order valence-electron chi connectivity index (χ2n) is 7.77. The molecule has 1 amide bonds. The van der Waals surface area contributed by atoms with Crippen molar-refractivity contribution in [1.82, 2.24) is 20.9 Å². The third-order valence-corrected chi connectivity index (χ3v) is 4.09. The van der Waals surface area contributed by atoms with Gasteiger partial charge in [0.15, 0.2) is 5.96 Å². The van der Waals surface area contributed by atoms with Gasteiger partial charge in [-0.2, -0.15) is 0 Å². The standard InChI is InChI=1S/C20H34N6O2/c1-5-21-18(22-10-11-23-19(27)28-20(2,3)4)25-15-16-8-9-17(24-14-16)26-12-6-7-13-26/h8-9,14H,5-7,10-13,15H2,1-4H3,(H,23,27)(H2,21,22,25). The highest BCUT2D eigenvalue weighted by atomic mass is 16.6. The predicted octanol–water partition coefficient (Wildman–Crippen LogP) is 2.26. The molecule has 1 aliphatic heterocycles. The number of anilines is 1. The van der Waals surface area contributed by atoms with Crippen LogP contribution in [0.1, 0.15) is 46.1 Å². The largest absolute Gasteiger partial charge is 0.444 e. The Hall–Kier alpha value is -2.51. The van der Waals surface area contributed by atoms with Gasteiger partial charge in [0.25, 0.3) is 0 Å². The fourth-order valence-corrected chi connectivity index (χ4v) is 2.82. The topological polar surface area (TPSA) is 90.9 Å². The second-order valence-corrected chi connectivity index (χ2v) is 7.77. The maximum Gasteiger partial charge on any atom is 0.407 e. The van der Waals surface area contributed by atoms with E-state index >= 15 is 0 Å². The van der Waals surface area contributed by atoms with Gasteiger partial charge in [0.1, 0.15) is 11.4 Å². The molecule has 0 bridgehead atoms. The molecule has 0 unspecified atom stereocenters. The first kappa shape index (κ1) is 21.8. The van der Waals surface area contributed by atoms with Gasteiger partial charge in [0, 0.05) is 38.9 Å². The summed E-state index contributed by atoms with van der Waals surface area (Å²) in [7, 11) is 0. The number of pyridine rings is 1. The number of nitrogens with zero attached hydrogens (tertiary/aromatic N) is 3. The van der Waals surface area contributed by atoms with Crippen LogP contribution in [0.4, 0.5) is 10.6 Å². The summed E-state index contributed by atoms with van der Waals surface area (Å²) >= 11 is 0. The van der Waals surface area contributed by atoms with Gasteiger partial charge in [-0.25, -0.2) is 14.8 Å². The van der Waals surface area contributed by atoms with Crippen molar-refractivity contribution in [3.05, 3.63) is 23.9 Å². The Balaban J connectivity index is 1.77. The van der Waals surface area contributed by atoms with Crippen LogP contribution >= 0.6 is 0 Å². The van der Waals surface area contributed by atoms with Gasteiger partial charge in [-0.3, -0.25) is 0 Å². The lowest BCUT2D eigenvalue weighted by Crippen LogP contribution is -2.42. The highest BCUT2D eigenvalue weighted by Gasteiger charge is 2.15. The molecule has 1 aromatic rings. The van der Waals surface area contributed by atoms with E-state index in [-0.39, 0.29) is 0 Å². The fourth-order valence-electron chi connectivity index (χ4n) is 2.82. The number of hydrogen-bond acceptors (Lipinski definition) is 5. The van der Waals surface area contributed by atoms with Crippen molar-refractivity contribution in [3.63, 3.8) is 0 Å². The lowest BCUT2D eigenvalue weighted by Gasteiger charge is -2.20. The van der Waals surface area contributed by atoms with Crippen molar-refractivity contribution in [1.29, 1.82) is 0 Å². The first-order chi connectivity index (χ1) is 13.4. The van der Waals surface area contributed by atoms with E-state index in [0.717, 1.165) is 31.0 Å². The van der Waals surface area contributed by atoms with Crippen molar-refractivity contribution in [2.24, 2.45) is 4.99 Å². The fraction of sp³-hybridized carbons (Fsp3) is 0.650. The molecule has 8 heteroatoms. The number of ether oxygens (including phenoxy) is 1. The molecule has 0 aromatic carbocycles. The van der Waals surface area contributed by atoms with Crippen LogP contribution in [0.5, 0.6) is 0 Å². The molecule has 2 rings (SSSR count). The minimum atomic E-state index is -0.494. The van der Waals surface area contributed by atoms with E-state index in [1.54, 1.807) is 0 Å². The molecule has 28 heavy (non-hydrogen) atoms. The summed E-state index contributed by atoms with van der Waals surface area (Å²) in [4.78, 5) is 23.1. The molecule has 0 atom stereocenters. The quantitative estimate of drug-likeness (QED) is 0.376. The van der Waals surface area contributed by atoms with Gasteiger partial charge >= 0.3 is 6.09 Å². The normalized spacial score (nSPS) is 14.7. The van der Waals surface area contributed by atoms with E-state index in [1.165, 1.54) is 12.8 Å². The number of hydrogen-bond donors (Lipinski definition) is 3. The highest BCUT2D eigenvalue weighted by Crippen LogP contribution is 2.17. The molecular weight excluding hydrogens is 356 g/mol. The summed E-state index contributed by atoms with van der Waals surface area (Å²) in [6.07, 6.45) is 3.97. The average molecular weight is 391 g/mol. The Kier molecular flexibility index (Phi) is 8.35. The Morgan fingerprint density at radius 3 is 2.50 bits per heavy atom. The molecule has 0 saturated carbocycles. The first-order valence-corrected chi connectivity index (χ1v) is 10.1. The van der Waals surface area contributed by atoms with Crippen LogP contribution in [-0.4, -0.2) is 55.4 Å². The molecule has 1 saturated heterocycles. The minimum Gasteiger partial charge on any atom is -0.444 e. The van der Waals surface area contributed by atoms with Crippen LogP contribution in [0.2, 0.25) is 0 Å². The van der Waals surface area contributed by atoms with Crippen LogP contribution in [0.3, 0.4) is 0 Å². The maximum absolute atomic E-state index is 11.6. The van der Waals surface area contributed by atoms with E-state index in [2.05, 4.69) is 43.0 Å². The molecule has 2 heterocycles. The first-order valence-electron chi connectivity index (χ1n) is 10.1. The zero-order valence-corrected chi connectivity index (χ0v) is 17.5. The predicted molar refractivity (Wildman–Crippen MR) is 113 cm³/mol. The summed E-state index contributed by atoms with van der Waals surface area (Å²) in [5, 5.41) is 9.13. The highest BCUT2D eigenvalue weighted by molar-refractivity contribution is 5.79. The third kappa shape index (κ3) is 8.02. The van der Waals surface area contributed by atoms with Gasteiger partial charge < -0.3 is 25.6 Å². The van der Waals surface area contributed by atoms with Crippen molar-refractivity contribution >= 4 is 17.9 Å². The number of aromatic nitrogens is 1. The van der Waals surface area contributed by atoms with Crippen LogP contribution in [0.25, 0.3) is 0 Å². The summed E-state index contributed by atoms with van der Waals surface area (Å²) in [5.41, 5.74) is 0.568. The Morgan fingerprint density at radius 1 is 1.18 bits per heavy atom. The number of carbonyl (C=O) groups excluding carboxylic acids is 1. The zero-order chi connectivity index (χ0) is 20.4. The van der Waals surface area contributed by atoms with Gasteiger partial charge in [0.05, 0.1) is 6.54 Å². The average Bonchev–Trinajstić information content (AvgIpc) is 3.17. The van der Waals surface area contributed by atoms with E-state index in [9.17, 15) is 4.79 Å². The molecule has 156 valence electrons. The molecule has 0 spiro atoms. The smallest absolute Gasteiger partial charge is 0.407 e. The van der Waals surface area contributed by atoms with Crippen molar-refractivity contribution in [2.75, 3.05) is 37.6 Å². The van der Waals surface area contributed by atoms with Crippen LogP contribution < -0.4 is 20.9 Å². The van der Waals surface area contributed by atoms with Crippen molar-refractivity contribution < 1.29 is 9.53 Å². The number of nitrogens with one attached hydrogen (secondary N) is 3. The van der Waals surface area contributed by atoms with E-state index in [0.29, 0.717) is 25.6 Å². The second kappa shape index (κ2) is 10.7. The minimum absolute atomic E-state index is 0.416. The van der Waals surface area contributed by atoms with Crippen molar-refractivity contribution in [2.45, 2.75) is 52.7 Å². The molecular formula is C20H34N6O2. The SMILES string of the molecule is CCNC(=NCc1ccc(N2CCCC2)nc1)NCCNC(=O)OC(C)(C)C. The molecule has 0 aliphatic carbocycles. The van der Waals surface area contributed by atoms with Gasteiger partial charge in [-0.05, 0) is 52.2 Å². The van der Waals surface area contributed by atoms with Crippen LogP contribution in [0, 0.1) is 0 Å². The molecule has 3 N–H and O–H groups in total. The Morgan fingerprint density at radius 2 is 1.89 bits per heavy atom. The maximum atomic E-state index is 11.6. The number of guanidine groups is 1. The van der Waals surface area contributed by atoms with Crippen LogP contribution in [-0.2, 0) is 11.3 Å². The summed E-state index contributed by atoms with van der Waals surface area (Å²) in [5.74, 6) is 1.75. The van der Waals surface area contributed by atoms with Gasteiger partial charge in [-0.15, -0.1) is 0 Å². The van der Waals surface area contributed by atoms with E-state index in [4.69, 9.17) is 4.74 Å². The molecule has 1 fully saturated rings. The summed E-state index contributed by atoms with van der Waals surface area (Å²) in [6, 6.07) is 4.15. The van der Waals surface area contributed by atoms with Crippen molar-refractivity contribution in [3.8, 4) is 0 Å². The zero-order valence-electron chi connectivity index (χ0n) is 17.5. The van der Waals surface area contributed by atoms with Crippen LogP contribution in [0.15, 0.2) is 23.3 Å². The molecule has 0 radical (unpaired) electrons. The van der Waals surface area contributed by atoms with E-state index < -0.39 is 11.7 Å². The monoisotopic (exact) mass is 390 g/mol. The Bertz CT molecular complexity index is 633. The number of amides is 1. The van der Waals surface area contributed by atoms with Gasteiger partial charge in [-0.1, -0.05) is 6.07 Å². The lowest BCUT2D eigenvalue weighted by molar-refractivity contribution is 0.0529. The Labute approximate surface area is 168 Å². The summed E-state index contributed by atoms with van der Waals surface area (Å²) in [6.45, 7) is 12.0. The molecule has 1 aromatic heterocycles. The number of rotatable bonds is 7. The van der Waals surface area contributed by atoms with Gasteiger partial charge in [0.2, 0.25) is 0 Å². The third-order valence-electron chi connectivity index (χ3n) is 4.09. The number of carbonyl (C=O) groups is 1. The van der Waals surface area contributed by atoms with E-state index in [1.807, 2.05) is 33.9 Å². The molecule has 1 aliphatic rings.